The van der Waals surface area contributed by atoms with E-state index in [1.165, 1.54) is 18.2 Å². The zero-order chi connectivity index (χ0) is 14.7. The Morgan fingerprint density at radius 3 is 2.35 bits per heavy atom. The summed E-state index contributed by atoms with van der Waals surface area (Å²) in [4.78, 5) is 22.7. The molecule has 0 radical (unpaired) electrons. The first kappa shape index (κ1) is 13.5. The molecule has 4 N–H and O–H groups in total. The molecule has 1 amide bonds. The van der Waals surface area contributed by atoms with Crippen molar-refractivity contribution in [2.45, 2.75) is 0 Å². The van der Waals surface area contributed by atoms with Crippen molar-refractivity contribution in [3.8, 4) is 0 Å². The zero-order valence-corrected chi connectivity index (χ0v) is 10.3. The van der Waals surface area contributed by atoms with Crippen molar-refractivity contribution < 1.29 is 19.1 Å². The number of amides is 1. The van der Waals surface area contributed by atoms with Gasteiger partial charge in [-0.25, -0.2) is 9.18 Å². The highest BCUT2D eigenvalue weighted by atomic mass is 19.1. The maximum Gasteiger partial charge on any atom is 0.338 e. The SMILES string of the molecule is Nc1ccc(C(=O)Nc2ccc(F)c(C(=O)O)c2)cc1. The van der Waals surface area contributed by atoms with Crippen molar-refractivity contribution in [3.63, 3.8) is 0 Å². The van der Waals surface area contributed by atoms with E-state index in [-0.39, 0.29) is 5.69 Å². The summed E-state index contributed by atoms with van der Waals surface area (Å²) in [5.41, 5.74) is 6.10. The second-order valence-electron chi connectivity index (χ2n) is 4.08. The van der Waals surface area contributed by atoms with Gasteiger partial charge in [-0.15, -0.1) is 0 Å². The van der Waals surface area contributed by atoms with Crippen LogP contribution in [-0.4, -0.2) is 17.0 Å². The molecule has 0 fully saturated rings. The maximum atomic E-state index is 13.2. The number of carboxylic acids is 1. The number of rotatable bonds is 3. The van der Waals surface area contributed by atoms with Crippen molar-refractivity contribution in [2.24, 2.45) is 0 Å². The number of hydrogen-bond acceptors (Lipinski definition) is 3. The van der Waals surface area contributed by atoms with Gasteiger partial charge in [0.15, 0.2) is 0 Å². The molecule has 0 saturated carbocycles. The molecule has 0 aliphatic rings. The zero-order valence-electron chi connectivity index (χ0n) is 10.3. The Morgan fingerprint density at radius 1 is 1.10 bits per heavy atom. The lowest BCUT2D eigenvalue weighted by Gasteiger charge is -2.07. The van der Waals surface area contributed by atoms with E-state index in [2.05, 4.69) is 5.32 Å². The van der Waals surface area contributed by atoms with Crippen LogP contribution in [0.1, 0.15) is 20.7 Å². The predicted octanol–water partition coefficient (Wildman–Crippen LogP) is 2.36. The predicted molar refractivity (Wildman–Crippen MR) is 72.2 cm³/mol. The maximum absolute atomic E-state index is 13.2. The standard InChI is InChI=1S/C14H11FN2O3/c15-12-6-5-10(7-11(12)14(19)20)17-13(18)8-1-3-9(16)4-2-8/h1-7H,16H2,(H,17,18)(H,19,20). The van der Waals surface area contributed by atoms with Crippen LogP contribution < -0.4 is 11.1 Å². The molecule has 2 rings (SSSR count). The Balaban J connectivity index is 2.21. The Labute approximate surface area is 113 Å². The summed E-state index contributed by atoms with van der Waals surface area (Å²) in [7, 11) is 0. The van der Waals surface area contributed by atoms with Crippen molar-refractivity contribution in [1.29, 1.82) is 0 Å². The van der Waals surface area contributed by atoms with E-state index in [1.807, 2.05) is 0 Å². The van der Waals surface area contributed by atoms with Crippen molar-refractivity contribution >= 4 is 23.3 Å². The molecule has 102 valence electrons. The van der Waals surface area contributed by atoms with Gasteiger partial charge in [0.25, 0.3) is 5.91 Å². The summed E-state index contributed by atoms with van der Waals surface area (Å²) < 4.78 is 13.2. The van der Waals surface area contributed by atoms with E-state index in [1.54, 1.807) is 12.1 Å². The minimum absolute atomic E-state index is 0.200. The van der Waals surface area contributed by atoms with Gasteiger partial charge in [-0.1, -0.05) is 0 Å². The number of nitrogen functional groups attached to an aromatic ring is 1. The normalized spacial score (nSPS) is 10.1. The topological polar surface area (TPSA) is 92.4 Å². The fraction of sp³-hybridized carbons (Fsp3) is 0. The van der Waals surface area contributed by atoms with E-state index in [0.29, 0.717) is 11.3 Å². The van der Waals surface area contributed by atoms with Gasteiger partial charge in [0, 0.05) is 16.9 Å². The number of nitrogens with one attached hydrogen (secondary N) is 1. The minimum atomic E-state index is -1.40. The monoisotopic (exact) mass is 274 g/mol. The summed E-state index contributed by atoms with van der Waals surface area (Å²) in [6.07, 6.45) is 0. The molecule has 0 atom stereocenters. The van der Waals surface area contributed by atoms with Gasteiger partial charge >= 0.3 is 5.97 Å². The van der Waals surface area contributed by atoms with Crippen LogP contribution in [0.25, 0.3) is 0 Å². The van der Waals surface area contributed by atoms with Crippen LogP contribution in [0.5, 0.6) is 0 Å². The molecule has 6 heteroatoms. The van der Waals surface area contributed by atoms with Crippen LogP contribution in [-0.2, 0) is 0 Å². The molecule has 0 spiro atoms. The summed E-state index contributed by atoms with van der Waals surface area (Å²) in [6, 6.07) is 9.55. The molecule has 2 aromatic rings. The smallest absolute Gasteiger partial charge is 0.338 e. The molecule has 2 aromatic carbocycles. The Hall–Kier alpha value is -2.89. The number of halogens is 1. The second-order valence-corrected chi connectivity index (χ2v) is 4.08. The molecule has 0 bridgehead atoms. The number of carboxylic acid groups (broad SMARTS) is 1. The first-order valence-electron chi connectivity index (χ1n) is 5.67. The largest absolute Gasteiger partial charge is 0.478 e. The third-order valence-electron chi connectivity index (χ3n) is 2.63. The van der Waals surface area contributed by atoms with E-state index >= 15 is 0 Å². The number of carbonyl (C=O) groups excluding carboxylic acids is 1. The van der Waals surface area contributed by atoms with Gasteiger partial charge in [-0.05, 0) is 42.5 Å². The van der Waals surface area contributed by atoms with Crippen molar-refractivity contribution in [2.75, 3.05) is 11.1 Å². The molecule has 0 aliphatic heterocycles. The van der Waals surface area contributed by atoms with Gasteiger partial charge in [0.1, 0.15) is 5.82 Å². The van der Waals surface area contributed by atoms with Crippen LogP contribution in [0.15, 0.2) is 42.5 Å². The summed E-state index contributed by atoms with van der Waals surface area (Å²) in [5.74, 6) is -2.69. The molecule has 0 unspecified atom stereocenters. The molecular weight excluding hydrogens is 263 g/mol. The molecular formula is C14H11FN2O3. The lowest BCUT2D eigenvalue weighted by molar-refractivity contribution is 0.0691. The van der Waals surface area contributed by atoms with Crippen LogP contribution in [0.4, 0.5) is 15.8 Å². The number of benzene rings is 2. The minimum Gasteiger partial charge on any atom is -0.478 e. The average molecular weight is 274 g/mol. The number of anilines is 2. The lowest BCUT2D eigenvalue weighted by atomic mass is 10.1. The van der Waals surface area contributed by atoms with Crippen LogP contribution in [0, 0.1) is 5.82 Å². The fourth-order valence-corrected chi connectivity index (χ4v) is 1.60. The van der Waals surface area contributed by atoms with Gasteiger partial charge in [0.05, 0.1) is 5.56 Å². The Morgan fingerprint density at radius 2 is 1.75 bits per heavy atom. The van der Waals surface area contributed by atoms with Gasteiger partial charge in [0.2, 0.25) is 0 Å². The van der Waals surface area contributed by atoms with Crippen LogP contribution >= 0.6 is 0 Å². The lowest BCUT2D eigenvalue weighted by Crippen LogP contribution is -2.13. The number of carbonyl (C=O) groups is 2. The summed E-state index contributed by atoms with van der Waals surface area (Å²) in [5, 5.41) is 11.3. The fourth-order valence-electron chi connectivity index (χ4n) is 1.60. The summed E-state index contributed by atoms with van der Waals surface area (Å²) >= 11 is 0. The van der Waals surface area contributed by atoms with Crippen molar-refractivity contribution in [3.05, 3.63) is 59.4 Å². The first-order valence-corrected chi connectivity index (χ1v) is 5.67. The Kier molecular flexibility index (Phi) is 3.65. The quantitative estimate of drug-likeness (QED) is 0.749. The molecule has 0 heterocycles. The number of nitrogens with two attached hydrogens (primary N) is 1. The van der Waals surface area contributed by atoms with Crippen LogP contribution in [0.2, 0.25) is 0 Å². The van der Waals surface area contributed by atoms with E-state index in [4.69, 9.17) is 10.8 Å². The van der Waals surface area contributed by atoms with Crippen LogP contribution in [0.3, 0.4) is 0 Å². The van der Waals surface area contributed by atoms with Gasteiger partial charge < -0.3 is 16.2 Å². The van der Waals surface area contributed by atoms with Gasteiger partial charge in [-0.2, -0.15) is 0 Å². The van der Waals surface area contributed by atoms with E-state index in [0.717, 1.165) is 12.1 Å². The number of hydrogen-bond donors (Lipinski definition) is 3. The Bertz CT molecular complexity index is 669. The first-order chi connectivity index (χ1) is 9.47. The van der Waals surface area contributed by atoms with Crippen molar-refractivity contribution in [1.82, 2.24) is 0 Å². The summed E-state index contributed by atoms with van der Waals surface area (Å²) in [6.45, 7) is 0. The average Bonchev–Trinajstić information content (AvgIpc) is 2.41. The second kappa shape index (κ2) is 5.40. The van der Waals surface area contributed by atoms with Gasteiger partial charge in [-0.3, -0.25) is 4.79 Å². The highest BCUT2D eigenvalue weighted by Gasteiger charge is 2.12. The number of aromatic carboxylic acids is 1. The highest BCUT2D eigenvalue weighted by molar-refractivity contribution is 6.05. The van der Waals surface area contributed by atoms with E-state index < -0.39 is 23.3 Å². The molecule has 0 aromatic heterocycles. The molecule has 20 heavy (non-hydrogen) atoms. The third-order valence-corrected chi connectivity index (χ3v) is 2.63. The third kappa shape index (κ3) is 2.92. The molecule has 0 aliphatic carbocycles. The van der Waals surface area contributed by atoms with E-state index in [9.17, 15) is 14.0 Å². The molecule has 5 nitrogen and oxygen atoms in total. The molecule has 0 saturated heterocycles. The highest BCUT2D eigenvalue weighted by Crippen LogP contribution is 2.16.